The van der Waals surface area contributed by atoms with Crippen molar-refractivity contribution in [2.75, 3.05) is 0 Å². The van der Waals surface area contributed by atoms with E-state index in [4.69, 9.17) is 16.3 Å². The van der Waals surface area contributed by atoms with E-state index in [1.807, 2.05) is 0 Å². The maximum Gasteiger partial charge on any atom is 0.241 e. The van der Waals surface area contributed by atoms with Crippen LogP contribution in [-0.4, -0.2) is 9.97 Å². The van der Waals surface area contributed by atoms with E-state index in [2.05, 4.69) is 25.9 Å². The van der Waals surface area contributed by atoms with E-state index in [9.17, 15) is 8.78 Å². The highest BCUT2D eigenvalue weighted by molar-refractivity contribution is 9.10. The van der Waals surface area contributed by atoms with Crippen molar-refractivity contribution in [3.8, 4) is 11.6 Å². The van der Waals surface area contributed by atoms with Crippen molar-refractivity contribution in [1.29, 1.82) is 0 Å². The van der Waals surface area contributed by atoms with Gasteiger partial charge in [-0.2, -0.15) is 0 Å². The molecular weight excluding hydrogens is 378 g/mol. The average Bonchev–Trinajstić information content (AvgIpc) is 2.48. The summed E-state index contributed by atoms with van der Waals surface area (Å²) < 4.78 is 33.3. The molecule has 0 fully saturated rings. The number of halogens is 4. The molecule has 3 aromatic rings. The highest BCUT2D eigenvalue weighted by atomic mass is 79.9. The standard InChI is InChI=1S/C15H8BrClF2N2O/c1-7-15(22-12-6-8(17)2-3-9(12)16)21-11-5-4-10(18)13(19)14(11)20-7/h2-6H,1H3. The van der Waals surface area contributed by atoms with Gasteiger partial charge in [0, 0.05) is 11.1 Å². The normalized spacial score (nSPS) is 11.0. The molecule has 7 heteroatoms. The summed E-state index contributed by atoms with van der Waals surface area (Å²) in [7, 11) is 0. The van der Waals surface area contributed by atoms with Crippen LogP contribution in [0.15, 0.2) is 34.8 Å². The Balaban J connectivity index is 2.10. The minimum absolute atomic E-state index is 0.130. The van der Waals surface area contributed by atoms with Crippen molar-refractivity contribution in [1.82, 2.24) is 9.97 Å². The highest BCUT2D eigenvalue weighted by Gasteiger charge is 2.14. The second-order valence-corrected chi connectivity index (χ2v) is 5.81. The van der Waals surface area contributed by atoms with Crippen molar-refractivity contribution in [3.63, 3.8) is 0 Å². The lowest BCUT2D eigenvalue weighted by atomic mass is 10.2. The summed E-state index contributed by atoms with van der Waals surface area (Å²) >= 11 is 9.27. The van der Waals surface area contributed by atoms with Gasteiger partial charge in [-0.25, -0.2) is 18.7 Å². The molecule has 22 heavy (non-hydrogen) atoms. The van der Waals surface area contributed by atoms with Crippen LogP contribution >= 0.6 is 27.5 Å². The molecule has 0 spiro atoms. The average molecular weight is 386 g/mol. The summed E-state index contributed by atoms with van der Waals surface area (Å²) in [6.07, 6.45) is 0. The first-order valence-corrected chi connectivity index (χ1v) is 7.38. The number of benzene rings is 2. The quantitative estimate of drug-likeness (QED) is 0.590. The van der Waals surface area contributed by atoms with Crippen molar-refractivity contribution in [2.45, 2.75) is 6.92 Å². The molecule has 0 aliphatic rings. The molecule has 0 unspecified atom stereocenters. The van der Waals surface area contributed by atoms with Crippen LogP contribution < -0.4 is 4.74 Å². The molecule has 0 amide bonds. The molecule has 0 saturated heterocycles. The van der Waals surface area contributed by atoms with Crippen LogP contribution in [0.25, 0.3) is 11.0 Å². The summed E-state index contributed by atoms with van der Waals surface area (Å²) in [6, 6.07) is 7.40. The monoisotopic (exact) mass is 384 g/mol. The van der Waals surface area contributed by atoms with Crippen LogP contribution in [0.5, 0.6) is 11.6 Å². The van der Waals surface area contributed by atoms with Crippen molar-refractivity contribution < 1.29 is 13.5 Å². The predicted octanol–water partition coefficient (Wildman–Crippen LogP) is 5.42. The van der Waals surface area contributed by atoms with E-state index in [1.54, 1.807) is 25.1 Å². The van der Waals surface area contributed by atoms with Gasteiger partial charge in [0.25, 0.3) is 0 Å². The molecule has 1 heterocycles. The van der Waals surface area contributed by atoms with Gasteiger partial charge in [0.2, 0.25) is 5.88 Å². The number of aryl methyl sites for hydroxylation is 1. The molecule has 0 aliphatic heterocycles. The number of nitrogens with zero attached hydrogens (tertiary/aromatic N) is 2. The smallest absolute Gasteiger partial charge is 0.241 e. The Morgan fingerprint density at radius 1 is 1.14 bits per heavy atom. The zero-order valence-electron chi connectivity index (χ0n) is 11.2. The summed E-state index contributed by atoms with van der Waals surface area (Å²) in [5, 5.41) is 0.498. The minimum Gasteiger partial charge on any atom is -0.436 e. The first-order chi connectivity index (χ1) is 10.5. The predicted molar refractivity (Wildman–Crippen MR) is 83.4 cm³/mol. The third-order valence-electron chi connectivity index (χ3n) is 2.96. The number of rotatable bonds is 2. The summed E-state index contributed by atoms with van der Waals surface area (Å²) in [4.78, 5) is 8.22. The maximum absolute atomic E-state index is 13.7. The molecule has 0 aliphatic carbocycles. The Morgan fingerprint density at radius 3 is 2.68 bits per heavy atom. The van der Waals surface area contributed by atoms with Gasteiger partial charge in [0.1, 0.15) is 17.0 Å². The van der Waals surface area contributed by atoms with E-state index in [0.717, 1.165) is 6.07 Å². The van der Waals surface area contributed by atoms with E-state index in [1.165, 1.54) is 6.07 Å². The Bertz CT molecular complexity index is 889. The van der Waals surface area contributed by atoms with Crippen molar-refractivity contribution >= 4 is 38.6 Å². The molecule has 0 atom stereocenters. The molecule has 1 aromatic heterocycles. The Labute approximate surface area is 138 Å². The Hall–Kier alpha value is -1.79. The maximum atomic E-state index is 13.7. The minimum atomic E-state index is -1.02. The fourth-order valence-corrected chi connectivity index (χ4v) is 2.38. The van der Waals surface area contributed by atoms with Crippen LogP contribution in [0.3, 0.4) is 0 Å². The molecule has 0 radical (unpaired) electrons. The molecule has 0 bridgehead atoms. The SMILES string of the molecule is Cc1nc2c(F)c(F)ccc2nc1Oc1cc(Cl)ccc1Br. The number of aromatic nitrogens is 2. The first kappa shape index (κ1) is 15.1. The summed E-state index contributed by atoms with van der Waals surface area (Å²) in [6.45, 7) is 1.60. The van der Waals surface area contributed by atoms with Crippen LogP contribution in [0.2, 0.25) is 5.02 Å². The largest absolute Gasteiger partial charge is 0.436 e. The lowest BCUT2D eigenvalue weighted by molar-refractivity contribution is 0.454. The molecule has 3 rings (SSSR count). The lowest BCUT2D eigenvalue weighted by Gasteiger charge is -2.10. The van der Waals surface area contributed by atoms with Gasteiger partial charge >= 0.3 is 0 Å². The zero-order valence-corrected chi connectivity index (χ0v) is 13.5. The Morgan fingerprint density at radius 2 is 1.91 bits per heavy atom. The van der Waals surface area contributed by atoms with Gasteiger partial charge in [-0.3, -0.25) is 0 Å². The van der Waals surface area contributed by atoms with Gasteiger partial charge in [-0.15, -0.1) is 0 Å². The third-order valence-corrected chi connectivity index (χ3v) is 3.85. The summed E-state index contributed by atoms with van der Waals surface area (Å²) in [5.41, 5.74) is 0.413. The van der Waals surface area contributed by atoms with E-state index in [0.29, 0.717) is 20.9 Å². The van der Waals surface area contributed by atoms with Gasteiger partial charge < -0.3 is 4.74 Å². The van der Waals surface area contributed by atoms with E-state index >= 15 is 0 Å². The van der Waals surface area contributed by atoms with E-state index < -0.39 is 11.6 Å². The summed E-state index contributed by atoms with van der Waals surface area (Å²) in [5.74, 6) is -1.34. The zero-order chi connectivity index (χ0) is 15.9. The van der Waals surface area contributed by atoms with Crippen LogP contribution in [-0.2, 0) is 0 Å². The molecule has 112 valence electrons. The molecule has 3 nitrogen and oxygen atoms in total. The first-order valence-electron chi connectivity index (χ1n) is 6.21. The fraction of sp³-hybridized carbons (Fsp3) is 0.0667. The second kappa shape index (κ2) is 5.78. The third kappa shape index (κ3) is 2.76. The number of fused-ring (bicyclic) bond motifs is 1. The Kier molecular flexibility index (Phi) is 3.97. The number of hydrogen-bond donors (Lipinski definition) is 0. The topological polar surface area (TPSA) is 35.0 Å². The van der Waals surface area contributed by atoms with Crippen LogP contribution in [0, 0.1) is 18.6 Å². The van der Waals surface area contributed by atoms with E-state index in [-0.39, 0.29) is 16.9 Å². The highest BCUT2D eigenvalue weighted by Crippen LogP contribution is 2.33. The van der Waals surface area contributed by atoms with Gasteiger partial charge in [-0.05, 0) is 47.1 Å². The van der Waals surface area contributed by atoms with Crippen LogP contribution in [0.4, 0.5) is 8.78 Å². The number of ether oxygens (including phenoxy) is 1. The fourth-order valence-electron chi connectivity index (χ4n) is 1.89. The van der Waals surface area contributed by atoms with Crippen molar-refractivity contribution in [2.24, 2.45) is 0 Å². The van der Waals surface area contributed by atoms with Gasteiger partial charge in [0.15, 0.2) is 11.6 Å². The van der Waals surface area contributed by atoms with Crippen molar-refractivity contribution in [3.05, 3.63) is 57.2 Å². The molecule has 0 saturated carbocycles. The molecule has 0 N–H and O–H groups in total. The second-order valence-electron chi connectivity index (χ2n) is 4.52. The van der Waals surface area contributed by atoms with Gasteiger partial charge in [-0.1, -0.05) is 11.6 Å². The lowest BCUT2D eigenvalue weighted by Crippen LogP contribution is -1.99. The van der Waals surface area contributed by atoms with Crippen LogP contribution in [0.1, 0.15) is 5.69 Å². The molecule has 2 aromatic carbocycles. The van der Waals surface area contributed by atoms with Gasteiger partial charge in [0.05, 0.1) is 9.99 Å². The molecular formula is C15H8BrClF2N2O. The number of hydrogen-bond acceptors (Lipinski definition) is 3.